The molecule has 1 aromatic heterocycles. The Bertz CT molecular complexity index is 922. The Kier molecular flexibility index (Phi) is 3.82. The third-order valence-corrected chi connectivity index (χ3v) is 5.42. The highest BCUT2D eigenvalue weighted by atomic mass is 79.9. The van der Waals surface area contributed by atoms with Crippen LogP contribution >= 0.6 is 31.9 Å². The van der Waals surface area contributed by atoms with Gasteiger partial charge in [-0.3, -0.25) is 9.78 Å². The molecule has 2 nitrogen and oxygen atoms in total. The van der Waals surface area contributed by atoms with Crippen molar-refractivity contribution in [1.29, 1.82) is 0 Å². The van der Waals surface area contributed by atoms with E-state index in [-0.39, 0.29) is 11.7 Å². The molecule has 1 atom stereocenters. The number of rotatable bonds is 1. The second kappa shape index (κ2) is 5.84. The molecule has 0 fully saturated rings. The van der Waals surface area contributed by atoms with Crippen LogP contribution in [0.4, 0.5) is 0 Å². The topological polar surface area (TPSA) is 30.0 Å². The zero-order chi connectivity index (χ0) is 16.0. The summed E-state index contributed by atoms with van der Waals surface area (Å²) in [5.41, 5.74) is 3.80. The smallest absolute Gasteiger partial charge is 0.165 e. The van der Waals surface area contributed by atoms with Crippen LogP contribution in [-0.4, -0.2) is 10.8 Å². The quantitative estimate of drug-likeness (QED) is 0.497. The van der Waals surface area contributed by atoms with Crippen LogP contribution in [0.1, 0.15) is 34.0 Å². The predicted octanol–water partition coefficient (Wildman–Crippen LogP) is 5.67. The fraction of sp³-hybridized carbons (Fsp3) is 0.158. The van der Waals surface area contributed by atoms with Gasteiger partial charge in [-0.1, -0.05) is 46.3 Å². The van der Waals surface area contributed by atoms with Crippen molar-refractivity contribution in [2.24, 2.45) is 0 Å². The Labute approximate surface area is 151 Å². The number of fused-ring (bicyclic) bond motifs is 2. The Balaban J connectivity index is 1.84. The average Bonchev–Trinajstić information content (AvgIpc) is 2.54. The summed E-state index contributed by atoms with van der Waals surface area (Å²) in [4.78, 5) is 17.4. The molecule has 1 heterocycles. The highest BCUT2D eigenvalue weighted by Gasteiger charge is 2.27. The SMILES string of the molecule is O=C1CC(c2ccccc2)Cc2nc3c(Br)cc(Br)cc3cc21. The van der Waals surface area contributed by atoms with E-state index < -0.39 is 0 Å². The zero-order valence-corrected chi connectivity index (χ0v) is 15.4. The number of Topliss-reactive ketones (excluding diaryl/α,β-unsaturated/α-hetero) is 1. The molecular formula is C19H13Br2NO. The van der Waals surface area contributed by atoms with Gasteiger partial charge in [0, 0.05) is 26.3 Å². The molecule has 1 aliphatic carbocycles. The molecule has 3 aromatic rings. The van der Waals surface area contributed by atoms with Crippen LogP contribution in [0.5, 0.6) is 0 Å². The number of hydrogen-bond donors (Lipinski definition) is 0. The number of hydrogen-bond acceptors (Lipinski definition) is 2. The minimum absolute atomic E-state index is 0.186. The number of carbonyl (C=O) groups is 1. The highest BCUT2D eigenvalue weighted by Crippen LogP contribution is 2.35. The van der Waals surface area contributed by atoms with Gasteiger partial charge in [-0.15, -0.1) is 0 Å². The number of carbonyl (C=O) groups excluding carboxylic acids is 1. The second-order valence-electron chi connectivity index (χ2n) is 5.88. The Hall–Kier alpha value is -1.52. The van der Waals surface area contributed by atoms with E-state index in [2.05, 4.69) is 44.0 Å². The van der Waals surface area contributed by atoms with E-state index in [4.69, 9.17) is 4.98 Å². The molecule has 1 unspecified atom stereocenters. The van der Waals surface area contributed by atoms with Gasteiger partial charge in [-0.2, -0.15) is 0 Å². The lowest BCUT2D eigenvalue weighted by Crippen LogP contribution is -2.20. The number of halogens is 2. The van der Waals surface area contributed by atoms with Gasteiger partial charge in [0.1, 0.15) is 0 Å². The molecule has 1 aliphatic rings. The normalized spacial score (nSPS) is 17.3. The van der Waals surface area contributed by atoms with Crippen LogP contribution in [-0.2, 0) is 6.42 Å². The molecule has 4 rings (SSSR count). The molecule has 0 aliphatic heterocycles. The molecular weight excluding hydrogens is 418 g/mol. The Morgan fingerprint density at radius 1 is 1.00 bits per heavy atom. The first-order valence-corrected chi connectivity index (χ1v) is 9.07. The maximum atomic E-state index is 12.6. The molecule has 0 radical (unpaired) electrons. The molecule has 0 saturated heterocycles. The third-order valence-electron chi connectivity index (χ3n) is 4.36. The Morgan fingerprint density at radius 3 is 2.57 bits per heavy atom. The van der Waals surface area contributed by atoms with Crippen molar-refractivity contribution in [2.45, 2.75) is 18.8 Å². The largest absolute Gasteiger partial charge is 0.294 e. The summed E-state index contributed by atoms with van der Waals surface area (Å²) in [6.45, 7) is 0. The summed E-state index contributed by atoms with van der Waals surface area (Å²) in [6.07, 6.45) is 1.36. The van der Waals surface area contributed by atoms with Crippen LogP contribution < -0.4 is 0 Å². The van der Waals surface area contributed by atoms with E-state index in [0.717, 1.165) is 37.5 Å². The Morgan fingerprint density at radius 2 is 1.78 bits per heavy atom. The molecule has 23 heavy (non-hydrogen) atoms. The summed E-state index contributed by atoms with van der Waals surface area (Å²) >= 11 is 7.07. The van der Waals surface area contributed by atoms with Crippen molar-refractivity contribution in [3.63, 3.8) is 0 Å². The van der Waals surface area contributed by atoms with Crippen molar-refractivity contribution in [3.8, 4) is 0 Å². The van der Waals surface area contributed by atoms with E-state index in [0.29, 0.717) is 6.42 Å². The van der Waals surface area contributed by atoms with Gasteiger partial charge in [0.25, 0.3) is 0 Å². The molecule has 0 N–H and O–H groups in total. The summed E-state index contributed by atoms with van der Waals surface area (Å²) in [6, 6.07) is 16.2. The number of aromatic nitrogens is 1. The number of nitrogens with zero attached hydrogens (tertiary/aromatic N) is 1. The first-order valence-electron chi connectivity index (χ1n) is 7.48. The predicted molar refractivity (Wildman–Crippen MR) is 99.0 cm³/mol. The van der Waals surface area contributed by atoms with Crippen LogP contribution in [0, 0.1) is 0 Å². The number of pyridine rings is 1. The van der Waals surface area contributed by atoms with Crippen molar-refractivity contribution < 1.29 is 4.79 Å². The number of ketones is 1. The minimum Gasteiger partial charge on any atom is -0.294 e. The van der Waals surface area contributed by atoms with Crippen molar-refractivity contribution in [2.75, 3.05) is 0 Å². The standard InChI is InChI=1S/C19H13Br2NO/c20-14-6-13-7-15-17(22-19(13)16(21)10-14)8-12(9-18(15)23)11-4-2-1-3-5-11/h1-7,10,12H,8-9H2. The summed E-state index contributed by atoms with van der Waals surface area (Å²) in [5, 5.41) is 0.983. The number of benzene rings is 2. The highest BCUT2D eigenvalue weighted by molar-refractivity contribution is 9.11. The van der Waals surface area contributed by atoms with Crippen molar-refractivity contribution >= 4 is 48.5 Å². The molecule has 0 saturated carbocycles. The van der Waals surface area contributed by atoms with Crippen LogP contribution in [0.25, 0.3) is 10.9 Å². The van der Waals surface area contributed by atoms with E-state index in [1.165, 1.54) is 5.56 Å². The maximum Gasteiger partial charge on any atom is 0.165 e. The van der Waals surface area contributed by atoms with Gasteiger partial charge in [0.2, 0.25) is 0 Å². The van der Waals surface area contributed by atoms with Crippen LogP contribution in [0.2, 0.25) is 0 Å². The van der Waals surface area contributed by atoms with Gasteiger partial charge < -0.3 is 0 Å². The van der Waals surface area contributed by atoms with Gasteiger partial charge in [0.05, 0.1) is 11.2 Å². The zero-order valence-electron chi connectivity index (χ0n) is 12.2. The molecule has 2 aromatic carbocycles. The van der Waals surface area contributed by atoms with E-state index in [1.807, 2.05) is 36.4 Å². The molecule has 0 bridgehead atoms. The van der Waals surface area contributed by atoms with Gasteiger partial charge in [-0.25, -0.2) is 0 Å². The van der Waals surface area contributed by atoms with Crippen molar-refractivity contribution in [3.05, 3.63) is 74.3 Å². The van der Waals surface area contributed by atoms with E-state index >= 15 is 0 Å². The first kappa shape index (κ1) is 15.0. The van der Waals surface area contributed by atoms with Crippen LogP contribution in [0.3, 0.4) is 0 Å². The third kappa shape index (κ3) is 2.74. The first-order chi connectivity index (χ1) is 11.1. The lowest BCUT2D eigenvalue weighted by atomic mass is 9.81. The summed E-state index contributed by atoms with van der Waals surface area (Å²) in [7, 11) is 0. The van der Waals surface area contributed by atoms with E-state index in [1.54, 1.807) is 0 Å². The molecule has 114 valence electrons. The summed E-state index contributed by atoms with van der Waals surface area (Å²) in [5.74, 6) is 0.404. The summed E-state index contributed by atoms with van der Waals surface area (Å²) < 4.78 is 1.92. The second-order valence-corrected chi connectivity index (χ2v) is 7.65. The lowest BCUT2D eigenvalue weighted by Gasteiger charge is -2.24. The molecule has 0 spiro atoms. The molecule has 4 heteroatoms. The van der Waals surface area contributed by atoms with Gasteiger partial charge in [-0.05, 0) is 52.0 Å². The van der Waals surface area contributed by atoms with Gasteiger partial charge >= 0.3 is 0 Å². The van der Waals surface area contributed by atoms with Crippen molar-refractivity contribution in [1.82, 2.24) is 4.98 Å². The molecule has 0 amide bonds. The fourth-order valence-electron chi connectivity index (χ4n) is 3.25. The van der Waals surface area contributed by atoms with E-state index in [9.17, 15) is 4.79 Å². The maximum absolute atomic E-state index is 12.6. The lowest BCUT2D eigenvalue weighted by molar-refractivity contribution is 0.0963. The van der Waals surface area contributed by atoms with Gasteiger partial charge in [0.15, 0.2) is 5.78 Å². The average molecular weight is 431 g/mol. The monoisotopic (exact) mass is 429 g/mol. The minimum atomic E-state index is 0.186. The van der Waals surface area contributed by atoms with Crippen LogP contribution in [0.15, 0.2) is 57.5 Å². The fourth-order valence-corrected chi connectivity index (χ4v) is 4.59.